The van der Waals surface area contributed by atoms with E-state index in [0.717, 1.165) is 29.8 Å². The zero-order valence-corrected chi connectivity index (χ0v) is 17.1. The van der Waals surface area contributed by atoms with Crippen LogP contribution in [0.4, 0.5) is 11.5 Å². The number of rotatable bonds is 3. The van der Waals surface area contributed by atoms with Crippen LogP contribution in [0.1, 0.15) is 53.0 Å². The highest BCUT2D eigenvalue weighted by atomic mass is 16.2. The fourth-order valence-electron chi connectivity index (χ4n) is 2.91. The summed E-state index contributed by atoms with van der Waals surface area (Å²) in [5, 5.41) is 4.48. The number of nitrogens with two attached hydrogens (primary N) is 2. The van der Waals surface area contributed by atoms with Crippen molar-refractivity contribution in [2.45, 2.75) is 53.5 Å². The normalized spacial score (nSPS) is 18.0. The Hall–Kier alpha value is -2.28. The van der Waals surface area contributed by atoms with E-state index >= 15 is 0 Å². The highest BCUT2D eigenvalue weighted by Crippen LogP contribution is 2.40. The van der Waals surface area contributed by atoms with Gasteiger partial charge in [0.25, 0.3) is 0 Å². The molecule has 0 radical (unpaired) electrons. The molecule has 1 saturated carbocycles. The first-order chi connectivity index (χ1) is 12.4. The summed E-state index contributed by atoms with van der Waals surface area (Å²) in [6.45, 7) is 10.0. The summed E-state index contributed by atoms with van der Waals surface area (Å²) in [5.41, 5.74) is 9.46. The number of carbonyl (C=O) groups excluding carboxylic acids is 1. The SMILES string of the molecule is CC.CC.CC1C(N(C)N)=C(N)c2ccnc(NC(=O)C3CC3)c2N1C. The van der Waals surface area contributed by atoms with Gasteiger partial charge >= 0.3 is 0 Å². The monoisotopic (exact) mass is 362 g/mol. The van der Waals surface area contributed by atoms with Crippen LogP contribution in [-0.4, -0.2) is 36.0 Å². The van der Waals surface area contributed by atoms with Crippen molar-refractivity contribution in [2.24, 2.45) is 17.5 Å². The number of hydrogen-bond donors (Lipinski definition) is 3. The number of nitrogens with one attached hydrogen (secondary N) is 1. The fraction of sp³-hybridized carbons (Fsp3) is 0.579. The lowest BCUT2D eigenvalue weighted by Gasteiger charge is -2.39. The fourth-order valence-corrected chi connectivity index (χ4v) is 2.91. The summed E-state index contributed by atoms with van der Waals surface area (Å²) < 4.78 is 0. The summed E-state index contributed by atoms with van der Waals surface area (Å²) in [6.07, 6.45) is 3.57. The Balaban J connectivity index is 0.000000791. The molecule has 1 aliphatic heterocycles. The van der Waals surface area contributed by atoms with E-state index in [0.29, 0.717) is 11.5 Å². The Bertz CT molecular complexity index is 651. The molecule has 26 heavy (non-hydrogen) atoms. The van der Waals surface area contributed by atoms with E-state index in [4.69, 9.17) is 11.6 Å². The molecule has 1 atom stereocenters. The molecule has 1 unspecified atom stereocenters. The maximum absolute atomic E-state index is 12.1. The Kier molecular flexibility index (Phi) is 7.89. The van der Waals surface area contributed by atoms with Crippen LogP contribution in [-0.2, 0) is 4.79 Å². The van der Waals surface area contributed by atoms with E-state index in [-0.39, 0.29) is 17.9 Å². The number of pyridine rings is 1. The minimum absolute atomic E-state index is 0.0109. The maximum Gasteiger partial charge on any atom is 0.228 e. The van der Waals surface area contributed by atoms with Gasteiger partial charge in [-0.3, -0.25) is 4.79 Å². The van der Waals surface area contributed by atoms with Crippen LogP contribution in [0.2, 0.25) is 0 Å². The van der Waals surface area contributed by atoms with Crippen LogP contribution in [0.15, 0.2) is 18.0 Å². The molecule has 2 heterocycles. The van der Waals surface area contributed by atoms with E-state index < -0.39 is 0 Å². The molecule has 1 amide bonds. The first kappa shape index (κ1) is 21.8. The molecule has 0 spiro atoms. The van der Waals surface area contributed by atoms with Gasteiger partial charge in [0.15, 0.2) is 5.82 Å². The van der Waals surface area contributed by atoms with E-state index in [1.807, 2.05) is 52.6 Å². The van der Waals surface area contributed by atoms with Crippen molar-refractivity contribution < 1.29 is 4.79 Å². The minimum atomic E-state index is -0.0109. The molecular formula is C19H34N6O. The van der Waals surface area contributed by atoms with Gasteiger partial charge < -0.3 is 21.0 Å². The van der Waals surface area contributed by atoms with Gasteiger partial charge in [-0.2, -0.15) is 0 Å². The molecule has 1 aromatic rings. The van der Waals surface area contributed by atoms with E-state index in [1.165, 1.54) is 0 Å². The lowest BCUT2D eigenvalue weighted by molar-refractivity contribution is -0.117. The molecule has 3 rings (SSSR count). The second-order valence-corrected chi connectivity index (χ2v) is 6.02. The quantitative estimate of drug-likeness (QED) is 0.565. The summed E-state index contributed by atoms with van der Waals surface area (Å²) in [4.78, 5) is 18.4. The molecule has 1 fully saturated rings. The number of anilines is 2. The van der Waals surface area contributed by atoms with Crippen molar-refractivity contribution in [3.05, 3.63) is 23.5 Å². The van der Waals surface area contributed by atoms with Gasteiger partial charge in [-0.1, -0.05) is 27.7 Å². The summed E-state index contributed by atoms with van der Waals surface area (Å²) >= 11 is 0. The molecule has 0 bridgehead atoms. The van der Waals surface area contributed by atoms with Gasteiger partial charge in [0.1, 0.15) is 0 Å². The van der Waals surface area contributed by atoms with Gasteiger partial charge in [-0.05, 0) is 25.8 Å². The molecule has 0 aromatic carbocycles. The van der Waals surface area contributed by atoms with Gasteiger partial charge in [-0.15, -0.1) is 0 Å². The molecule has 5 N–H and O–H groups in total. The van der Waals surface area contributed by atoms with Crippen LogP contribution in [0, 0.1) is 5.92 Å². The van der Waals surface area contributed by atoms with Crippen LogP contribution >= 0.6 is 0 Å². The predicted octanol–water partition coefficient (Wildman–Crippen LogP) is 2.75. The molecular weight excluding hydrogens is 328 g/mol. The molecule has 0 saturated heterocycles. The van der Waals surface area contributed by atoms with E-state index in [1.54, 1.807) is 18.3 Å². The van der Waals surface area contributed by atoms with Crippen molar-refractivity contribution in [3.63, 3.8) is 0 Å². The Morgan fingerprint density at radius 2 is 1.88 bits per heavy atom. The number of hydrogen-bond acceptors (Lipinski definition) is 6. The Labute approximate surface area is 157 Å². The van der Waals surface area contributed by atoms with Gasteiger partial charge in [0.05, 0.1) is 23.1 Å². The van der Waals surface area contributed by atoms with Gasteiger partial charge in [0, 0.05) is 31.8 Å². The Morgan fingerprint density at radius 1 is 1.31 bits per heavy atom. The molecule has 1 aromatic heterocycles. The number of likely N-dealkylation sites (N-methyl/N-ethyl adjacent to an activating group) is 2. The lowest BCUT2D eigenvalue weighted by Crippen LogP contribution is -2.44. The third-order valence-electron chi connectivity index (χ3n) is 4.39. The summed E-state index contributed by atoms with van der Waals surface area (Å²) in [5.74, 6) is 6.64. The van der Waals surface area contributed by atoms with Crippen LogP contribution in [0.3, 0.4) is 0 Å². The van der Waals surface area contributed by atoms with E-state index in [9.17, 15) is 4.79 Å². The number of nitrogens with zero attached hydrogens (tertiary/aromatic N) is 3. The standard InChI is InChI=1S/C15H22N6O.2C2H6/c1-8-12(21(3)17)11(16)10-6-7-18-14(13(10)20(8)2)19-15(22)9-4-5-9;2*1-2/h6-9H,4-5,16-17H2,1-3H3,(H,18,19,22);2*1-2H3. The average Bonchev–Trinajstić information content (AvgIpc) is 3.48. The topological polar surface area (TPSA) is 101 Å². The van der Waals surface area contributed by atoms with Crippen molar-refractivity contribution in [1.82, 2.24) is 9.99 Å². The summed E-state index contributed by atoms with van der Waals surface area (Å²) in [7, 11) is 3.72. The van der Waals surface area contributed by atoms with Gasteiger partial charge in [0.2, 0.25) is 5.91 Å². The third-order valence-corrected chi connectivity index (χ3v) is 4.39. The average molecular weight is 363 g/mol. The third kappa shape index (κ3) is 4.27. The largest absolute Gasteiger partial charge is 0.397 e. The first-order valence-electron chi connectivity index (χ1n) is 9.43. The highest BCUT2D eigenvalue weighted by molar-refractivity contribution is 5.98. The van der Waals surface area contributed by atoms with Gasteiger partial charge in [-0.25, -0.2) is 10.8 Å². The van der Waals surface area contributed by atoms with E-state index in [2.05, 4.69) is 10.3 Å². The smallest absolute Gasteiger partial charge is 0.228 e. The second kappa shape index (κ2) is 9.43. The Morgan fingerprint density at radius 3 is 2.38 bits per heavy atom. The first-order valence-corrected chi connectivity index (χ1v) is 9.43. The number of hydrazine groups is 1. The van der Waals surface area contributed by atoms with Crippen molar-refractivity contribution in [3.8, 4) is 0 Å². The van der Waals surface area contributed by atoms with Crippen molar-refractivity contribution >= 4 is 23.1 Å². The van der Waals surface area contributed by atoms with Crippen LogP contribution in [0.25, 0.3) is 5.70 Å². The van der Waals surface area contributed by atoms with Crippen LogP contribution < -0.4 is 21.8 Å². The number of amides is 1. The molecule has 2 aliphatic rings. The van der Waals surface area contributed by atoms with Crippen molar-refractivity contribution in [1.29, 1.82) is 0 Å². The number of aromatic nitrogens is 1. The predicted molar refractivity (Wildman–Crippen MR) is 109 cm³/mol. The molecule has 1 aliphatic carbocycles. The summed E-state index contributed by atoms with van der Waals surface area (Å²) in [6, 6.07) is 1.84. The van der Waals surface area contributed by atoms with Crippen LogP contribution in [0.5, 0.6) is 0 Å². The zero-order chi connectivity index (χ0) is 20.0. The second-order valence-electron chi connectivity index (χ2n) is 6.02. The number of fused-ring (bicyclic) bond motifs is 1. The van der Waals surface area contributed by atoms with Crippen molar-refractivity contribution in [2.75, 3.05) is 24.3 Å². The number of carbonyl (C=O) groups is 1. The molecule has 7 heteroatoms. The molecule has 7 nitrogen and oxygen atoms in total. The minimum Gasteiger partial charge on any atom is -0.397 e. The molecule has 146 valence electrons. The highest BCUT2D eigenvalue weighted by Gasteiger charge is 2.34. The maximum atomic E-state index is 12.1. The lowest BCUT2D eigenvalue weighted by atomic mass is 9.99. The zero-order valence-electron chi connectivity index (χ0n) is 17.1.